The summed E-state index contributed by atoms with van der Waals surface area (Å²) in [6.45, 7) is 8.40. The van der Waals surface area contributed by atoms with E-state index in [1.54, 1.807) is 0 Å². The number of hydrogen-bond acceptors (Lipinski definition) is 1. The quantitative estimate of drug-likeness (QED) is 0.775. The fraction of sp³-hybridized carbons (Fsp3) is 0.429. The Hall–Kier alpha value is -1.08. The molecule has 1 aromatic rings. The van der Waals surface area contributed by atoms with Gasteiger partial charge in [0.1, 0.15) is 0 Å². The topological polar surface area (TPSA) is 20.2 Å². The van der Waals surface area contributed by atoms with E-state index in [0.717, 1.165) is 23.1 Å². The first-order valence-corrected chi connectivity index (χ1v) is 5.57. The zero-order chi connectivity index (χ0) is 11.3. The number of aliphatic hydroxyl groups is 1. The van der Waals surface area contributed by atoms with Gasteiger partial charge in [-0.1, -0.05) is 32.1 Å². The molecule has 1 rings (SSSR count). The minimum atomic E-state index is 0.112. The molecule has 1 aromatic carbocycles. The van der Waals surface area contributed by atoms with Gasteiger partial charge in [-0.2, -0.15) is 0 Å². The number of aliphatic hydroxyl groups excluding tert-OH is 1. The molecule has 0 aliphatic rings. The lowest BCUT2D eigenvalue weighted by molar-refractivity contribution is 0.281. The zero-order valence-electron chi connectivity index (χ0n) is 9.71. The molecule has 0 radical (unpaired) electrons. The van der Waals surface area contributed by atoms with Crippen LogP contribution in [-0.2, 0) is 6.61 Å². The number of allylic oxidation sites excluding steroid dienone is 1. The molecule has 0 heterocycles. The van der Waals surface area contributed by atoms with Gasteiger partial charge in [0.15, 0.2) is 0 Å². The lowest BCUT2D eigenvalue weighted by Gasteiger charge is -2.09. The Balaban J connectivity index is 2.81. The van der Waals surface area contributed by atoms with Gasteiger partial charge in [-0.05, 0) is 48.1 Å². The van der Waals surface area contributed by atoms with E-state index in [0.29, 0.717) is 0 Å². The molecule has 0 aliphatic carbocycles. The average Bonchev–Trinajstić information content (AvgIpc) is 2.26. The molecule has 0 aromatic heterocycles. The van der Waals surface area contributed by atoms with Crippen LogP contribution in [0, 0.1) is 6.92 Å². The lowest BCUT2D eigenvalue weighted by atomic mass is 9.98. The predicted molar refractivity (Wildman–Crippen MR) is 65.7 cm³/mol. The zero-order valence-corrected chi connectivity index (χ0v) is 9.71. The van der Waals surface area contributed by atoms with E-state index < -0.39 is 0 Å². The number of benzene rings is 1. The Bertz CT molecular complexity index is 339. The second-order valence-electron chi connectivity index (χ2n) is 4.01. The maximum absolute atomic E-state index is 9.17. The standard InChI is InChI=1S/C14H20O/c1-4-5-6-11(2)13-8-7-12(3)14(9-13)10-15/h7-9,15H,2,4-6,10H2,1,3H3. The van der Waals surface area contributed by atoms with E-state index in [4.69, 9.17) is 0 Å². The van der Waals surface area contributed by atoms with Gasteiger partial charge in [-0.15, -0.1) is 0 Å². The molecule has 0 aliphatic heterocycles. The van der Waals surface area contributed by atoms with Crippen molar-refractivity contribution in [3.05, 3.63) is 41.5 Å². The summed E-state index contributed by atoms with van der Waals surface area (Å²) < 4.78 is 0. The summed E-state index contributed by atoms with van der Waals surface area (Å²) in [5, 5.41) is 9.17. The summed E-state index contributed by atoms with van der Waals surface area (Å²) in [6, 6.07) is 6.19. The highest BCUT2D eigenvalue weighted by molar-refractivity contribution is 5.64. The Kier molecular flexibility index (Phi) is 4.57. The summed E-state index contributed by atoms with van der Waals surface area (Å²) >= 11 is 0. The van der Waals surface area contributed by atoms with Gasteiger partial charge in [0, 0.05) is 0 Å². The number of aryl methyl sites for hydroxylation is 1. The third-order valence-electron chi connectivity index (χ3n) is 2.76. The summed E-state index contributed by atoms with van der Waals surface area (Å²) in [4.78, 5) is 0. The number of rotatable bonds is 5. The minimum Gasteiger partial charge on any atom is -0.392 e. The SMILES string of the molecule is C=C(CCCC)c1ccc(C)c(CO)c1. The Morgan fingerprint density at radius 2 is 2.13 bits per heavy atom. The van der Waals surface area contributed by atoms with Gasteiger partial charge >= 0.3 is 0 Å². The fourth-order valence-corrected chi connectivity index (χ4v) is 1.60. The first kappa shape index (κ1) is 12.0. The van der Waals surface area contributed by atoms with Crippen molar-refractivity contribution in [3.63, 3.8) is 0 Å². The third kappa shape index (κ3) is 3.21. The van der Waals surface area contributed by atoms with Crippen molar-refractivity contribution in [3.8, 4) is 0 Å². The highest BCUT2D eigenvalue weighted by atomic mass is 16.3. The third-order valence-corrected chi connectivity index (χ3v) is 2.76. The molecule has 0 atom stereocenters. The Morgan fingerprint density at radius 1 is 1.40 bits per heavy atom. The average molecular weight is 204 g/mol. The second-order valence-corrected chi connectivity index (χ2v) is 4.01. The van der Waals surface area contributed by atoms with Crippen LogP contribution in [0.25, 0.3) is 5.57 Å². The monoisotopic (exact) mass is 204 g/mol. The first-order valence-electron chi connectivity index (χ1n) is 5.57. The molecule has 0 bridgehead atoms. The van der Waals surface area contributed by atoms with Crippen LogP contribution in [0.4, 0.5) is 0 Å². The molecule has 0 spiro atoms. The van der Waals surface area contributed by atoms with Crippen LogP contribution in [-0.4, -0.2) is 5.11 Å². The summed E-state index contributed by atoms with van der Waals surface area (Å²) in [5.74, 6) is 0. The van der Waals surface area contributed by atoms with E-state index in [1.165, 1.54) is 18.4 Å². The van der Waals surface area contributed by atoms with Gasteiger partial charge in [0.25, 0.3) is 0 Å². The second kappa shape index (κ2) is 5.72. The minimum absolute atomic E-state index is 0.112. The Morgan fingerprint density at radius 3 is 2.73 bits per heavy atom. The van der Waals surface area contributed by atoms with E-state index in [-0.39, 0.29) is 6.61 Å². The van der Waals surface area contributed by atoms with Crippen LogP contribution >= 0.6 is 0 Å². The van der Waals surface area contributed by atoms with Gasteiger partial charge in [0.2, 0.25) is 0 Å². The molecule has 0 amide bonds. The lowest BCUT2D eigenvalue weighted by Crippen LogP contribution is -1.92. The van der Waals surface area contributed by atoms with Crippen LogP contribution in [0.5, 0.6) is 0 Å². The van der Waals surface area contributed by atoms with E-state index in [2.05, 4.69) is 25.6 Å². The van der Waals surface area contributed by atoms with Crippen molar-refractivity contribution in [2.24, 2.45) is 0 Å². The van der Waals surface area contributed by atoms with E-state index in [1.807, 2.05) is 13.0 Å². The highest BCUT2D eigenvalue weighted by Gasteiger charge is 2.02. The van der Waals surface area contributed by atoms with Crippen LogP contribution < -0.4 is 0 Å². The number of unbranched alkanes of at least 4 members (excludes halogenated alkanes) is 1. The molecule has 0 saturated heterocycles. The summed E-state index contributed by atoms with van der Waals surface area (Å²) in [6.07, 6.45) is 3.42. The molecule has 0 saturated carbocycles. The molecule has 1 N–H and O–H groups in total. The molecule has 1 heteroatoms. The summed E-state index contributed by atoms with van der Waals surface area (Å²) in [7, 11) is 0. The number of hydrogen-bond donors (Lipinski definition) is 1. The van der Waals surface area contributed by atoms with Crippen LogP contribution in [0.2, 0.25) is 0 Å². The van der Waals surface area contributed by atoms with Gasteiger partial charge < -0.3 is 5.11 Å². The molecule has 0 unspecified atom stereocenters. The van der Waals surface area contributed by atoms with Crippen molar-refractivity contribution in [1.82, 2.24) is 0 Å². The van der Waals surface area contributed by atoms with Gasteiger partial charge in [-0.3, -0.25) is 0 Å². The van der Waals surface area contributed by atoms with Crippen molar-refractivity contribution < 1.29 is 5.11 Å². The predicted octanol–water partition coefficient (Wildman–Crippen LogP) is 3.69. The van der Waals surface area contributed by atoms with Crippen molar-refractivity contribution >= 4 is 5.57 Å². The molecule has 1 nitrogen and oxygen atoms in total. The molecule has 15 heavy (non-hydrogen) atoms. The fourth-order valence-electron chi connectivity index (χ4n) is 1.60. The molecule has 82 valence electrons. The van der Waals surface area contributed by atoms with Crippen molar-refractivity contribution in [2.75, 3.05) is 0 Å². The van der Waals surface area contributed by atoms with E-state index >= 15 is 0 Å². The maximum atomic E-state index is 9.17. The Labute approximate surface area is 92.5 Å². The van der Waals surface area contributed by atoms with Crippen LogP contribution in [0.15, 0.2) is 24.8 Å². The van der Waals surface area contributed by atoms with Crippen molar-refractivity contribution in [2.45, 2.75) is 39.7 Å². The normalized spacial score (nSPS) is 10.3. The maximum Gasteiger partial charge on any atom is 0.0684 e. The van der Waals surface area contributed by atoms with Gasteiger partial charge in [-0.25, -0.2) is 0 Å². The van der Waals surface area contributed by atoms with Crippen molar-refractivity contribution in [1.29, 1.82) is 0 Å². The molecular weight excluding hydrogens is 184 g/mol. The van der Waals surface area contributed by atoms with E-state index in [9.17, 15) is 5.11 Å². The molecule has 0 fully saturated rings. The summed E-state index contributed by atoms with van der Waals surface area (Å²) in [5.41, 5.74) is 4.49. The van der Waals surface area contributed by atoms with Gasteiger partial charge in [0.05, 0.1) is 6.61 Å². The first-order chi connectivity index (χ1) is 7.19. The highest BCUT2D eigenvalue weighted by Crippen LogP contribution is 2.21. The van der Waals surface area contributed by atoms with Crippen LogP contribution in [0.3, 0.4) is 0 Å². The van der Waals surface area contributed by atoms with Crippen LogP contribution in [0.1, 0.15) is 42.9 Å². The smallest absolute Gasteiger partial charge is 0.0684 e. The molecular formula is C14H20O. The largest absolute Gasteiger partial charge is 0.392 e.